The van der Waals surface area contributed by atoms with Crippen LogP contribution in [0, 0.1) is 0 Å². The molecule has 0 spiro atoms. The van der Waals surface area contributed by atoms with Crippen molar-refractivity contribution in [2.24, 2.45) is 0 Å². The first-order valence-corrected chi connectivity index (χ1v) is 5.34. The van der Waals surface area contributed by atoms with Crippen molar-refractivity contribution in [2.75, 3.05) is 13.6 Å². The summed E-state index contributed by atoms with van der Waals surface area (Å²) in [6.45, 7) is 10.8. The van der Waals surface area contributed by atoms with E-state index in [0.717, 1.165) is 6.54 Å². The Balaban J connectivity index is 2.54. The summed E-state index contributed by atoms with van der Waals surface area (Å²) in [4.78, 5) is 2.45. The minimum Gasteiger partial charge on any atom is -0.296 e. The van der Waals surface area contributed by atoms with Crippen molar-refractivity contribution in [3.63, 3.8) is 0 Å². The number of hydrogen-bond donors (Lipinski definition) is 0. The third-order valence-corrected chi connectivity index (χ3v) is 3.31. The Hall–Kier alpha value is -0.820. The first-order valence-electron chi connectivity index (χ1n) is 5.34. The molecule has 0 amide bonds. The van der Waals surface area contributed by atoms with E-state index in [4.69, 9.17) is 0 Å². The van der Waals surface area contributed by atoms with Crippen LogP contribution in [0.1, 0.15) is 26.2 Å². The molecule has 0 aliphatic heterocycles. The fraction of sp³-hybridized carbons (Fsp3) is 0.538. The highest BCUT2D eigenvalue weighted by Crippen LogP contribution is 2.43. The second kappa shape index (κ2) is 4.61. The average molecular weight is 191 g/mol. The summed E-state index contributed by atoms with van der Waals surface area (Å²) in [5.41, 5.74) is 1.74. The summed E-state index contributed by atoms with van der Waals surface area (Å²) in [6.07, 6.45) is 9.73. The Morgan fingerprint density at radius 2 is 2.07 bits per heavy atom. The molecule has 1 fully saturated rings. The molecule has 0 saturated heterocycles. The van der Waals surface area contributed by atoms with Crippen molar-refractivity contribution in [3.8, 4) is 0 Å². The van der Waals surface area contributed by atoms with Crippen LogP contribution in [0.3, 0.4) is 0 Å². The zero-order chi connectivity index (χ0) is 10.6. The number of hydrogen-bond acceptors (Lipinski definition) is 1. The Labute approximate surface area is 87.8 Å². The Kier molecular flexibility index (Phi) is 3.70. The molecule has 0 aromatic heterocycles. The van der Waals surface area contributed by atoms with E-state index in [-0.39, 0.29) is 0 Å². The molecule has 0 bridgehead atoms. The van der Waals surface area contributed by atoms with Gasteiger partial charge in [-0.15, -0.1) is 0 Å². The molecule has 0 aromatic carbocycles. The van der Waals surface area contributed by atoms with E-state index in [0.29, 0.717) is 5.54 Å². The molecule has 0 N–H and O–H groups in total. The van der Waals surface area contributed by atoms with Gasteiger partial charge in [-0.1, -0.05) is 38.3 Å². The number of allylic oxidation sites excluding steroid dienone is 2. The van der Waals surface area contributed by atoms with E-state index in [1.807, 2.05) is 18.2 Å². The van der Waals surface area contributed by atoms with Crippen LogP contribution < -0.4 is 0 Å². The molecular weight excluding hydrogens is 170 g/mol. The molecular formula is C13H21N. The maximum Gasteiger partial charge on any atom is 0.0236 e. The van der Waals surface area contributed by atoms with Gasteiger partial charge in [0.2, 0.25) is 0 Å². The maximum atomic E-state index is 3.82. The van der Waals surface area contributed by atoms with Gasteiger partial charge >= 0.3 is 0 Å². The summed E-state index contributed by atoms with van der Waals surface area (Å²) in [6, 6.07) is 0. The van der Waals surface area contributed by atoms with Crippen molar-refractivity contribution in [3.05, 3.63) is 37.0 Å². The second-order valence-corrected chi connectivity index (χ2v) is 4.12. The molecule has 1 heteroatoms. The van der Waals surface area contributed by atoms with E-state index in [9.17, 15) is 0 Å². The lowest BCUT2D eigenvalue weighted by molar-refractivity contribution is 0.234. The van der Waals surface area contributed by atoms with Gasteiger partial charge in [0.1, 0.15) is 0 Å². The van der Waals surface area contributed by atoms with Gasteiger partial charge in [0.15, 0.2) is 0 Å². The molecule has 0 aromatic rings. The predicted octanol–water partition coefficient (Wildman–Crippen LogP) is 3.16. The highest BCUT2D eigenvalue weighted by Gasteiger charge is 2.44. The van der Waals surface area contributed by atoms with E-state index in [2.05, 4.69) is 32.0 Å². The summed E-state index contributed by atoms with van der Waals surface area (Å²) >= 11 is 0. The highest BCUT2D eigenvalue weighted by molar-refractivity contribution is 5.23. The van der Waals surface area contributed by atoms with Gasteiger partial charge in [0, 0.05) is 12.1 Å². The minimum absolute atomic E-state index is 0.489. The lowest BCUT2D eigenvalue weighted by Crippen LogP contribution is -2.34. The van der Waals surface area contributed by atoms with Crippen LogP contribution in [0.2, 0.25) is 0 Å². The standard InChI is InChI=1S/C13H21N/c1-5-8-12(6-2)11-14(4)13(7-3)9-10-13/h5-6,8H,1-2,7,9-11H2,3-4H3/b12-8+. The second-order valence-electron chi connectivity index (χ2n) is 4.12. The molecule has 0 radical (unpaired) electrons. The summed E-state index contributed by atoms with van der Waals surface area (Å²) in [7, 11) is 2.21. The van der Waals surface area contributed by atoms with Crippen molar-refractivity contribution in [1.82, 2.24) is 4.90 Å². The van der Waals surface area contributed by atoms with Crippen LogP contribution in [0.4, 0.5) is 0 Å². The molecule has 0 heterocycles. The molecule has 78 valence electrons. The number of likely N-dealkylation sites (N-methyl/N-ethyl adjacent to an activating group) is 1. The van der Waals surface area contributed by atoms with Gasteiger partial charge in [-0.3, -0.25) is 4.90 Å². The number of rotatable bonds is 6. The summed E-state index contributed by atoms with van der Waals surface area (Å²) in [5.74, 6) is 0. The minimum atomic E-state index is 0.489. The van der Waals surface area contributed by atoms with E-state index < -0.39 is 0 Å². The molecule has 14 heavy (non-hydrogen) atoms. The van der Waals surface area contributed by atoms with E-state index in [1.165, 1.54) is 24.8 Å². The van der Waals surface area contributed by atoms with Gasteiger partial charge in [0.05, 0.1) is 0 Å². The number of nitrogens with zero attached hydrogens (tertiary/aromatic N) is 1. The third kappa shape index (κ3) is 2.36. The third-order valence-electron chi connectivity index (χ3n) is 3.31. The molecule has 0 atom stereocenters. The van der Waals surface area contributed by atoms with Crippen LogP contribution in [-0.2, 0) is 0 Å². The first kappa shape index (κ1) is 11.3. The quantitative estimate of drug-likeness (QED) is 0.583. The Morgan fingerprint density at radius 3 is 2.43 bits per heavy atom. The van der Waals surface area contributed by atoms with E-state index in [1.54, 1.807) is 0 Å². The van der Waals surface area contributed by atoms with Gasteiger partial charge in [-0.25, -0.2) is 0 Å². The average Bonchev–Trinajstić information content (AvgIpc) is 2.97. The SMILES string of the molecule is C=C/C=C(\C=C)CN(C)C1(CC)CC1. The molecule has 0 unspecified atom stereocenters. The fourth-order valence-electron chi connectivity index (χ4n) is 1.93. The molecule has 1 rings (SSSR count). The normalized spacial score (nSPS) is 19.5. The maximum absolute atomic E-state index is 3.82. The Morgan fingerprint density at radius 1 is 1.43 bits per heavy atom. The van der Waals surface area contributed by atoms with Crippen molar-refractivity contribution < 1.29 is 0 Å². The van der Waals surface area contributed by atoms with Crippen molar-refractivity contribution in [1.29, 1.82) is 0 Å². The van der Waals surface area contributed by atoms with Gasteiger partial charge in [-0.2, -0.15) is 0 Å². The van der Waals surface area contributed by atoms with Gasteiger partial charge < -0.3 is 0 Å². The summed E-state index contributed by atoms with van der Waals surface area (Å²) in [5, 5.41) is 0. The van der Waals surface area contributed by atoms with Gasteiger partial charge in [-0.05, 0) is 31.9 Å². The fourth-order valence-corrected chi connectivity index (χ4v) is 1.93. The largest absolute Gasteiger partial charge is 0.296 e. The van der Waals surface area contributed by atoms with Crippen LogP contribution in [-0.4, -0.2) is 24.0 Å². The summed E-state index contributed by atoms with van der Waals surface area (Å²) < 4.78 is 0. The van der Waals surface area contributed by atoms with Crippen molar-refractivity contribution in [2.45, 2.75) is 31.7 Å². The highest BCUT2D eigenvalue weighted by atomic mass is 15.2. The molecule has 1 nitrogen and oxygen atoms in total. The zero-order valence-electron chi connectivity index (χ0n) is 9.42. The van der Waals surface area contributed by atoms with Crippen molar-refractivity contribution >= 4 is 0 Å². The lowest BCUT2D eigenvalue weighted by atomic mass is 10.1. The van der Waals surface area contributed by atoms with Crippen LogP contribution in [0.5, 0.6) is 0 Å². The smallest absolute Gasteiger partial charge is 0.0236 e. The van der Waals surface area contributed by atoms with E-state index >= 15 is 0 Å². The zero-order valence-corrected chi connectivity index (χ0v) is 9.42. The Bertz CT molecular complexity index is 246. The predicted molar refractivity (Wildman–Crippen MR) is 63.4 cm³/mol. The molecule has 1 aliphatic carbocycles. The van der Waals surface area contributed by atoms with Crippen LogP contribution in [0.15, 0.2) is 37.0 Å². The van der Waals surface area contributed by atoms with Crippen LogP contribution >= 0.6 is 0 Å². The molecule has 1 saturated carbocycles. The lowest BCUT2D eigenvalue weighted by Gasteiger charge is -2.27. The topological polar surface area (TPSA) is 3.24 Å². The van der Waals surface area contributed by atoms with Gasteiger partial charge in [0.25, 0.3) is 0 Å². The first-order chi connectivity index (χ1) is 6.68. The van der Waals surface area contributed by atoms with Crippen LogP contribution in [0.25, 0.3) is 0 Å². The molecule has 1 aliphatic rings. The monoisotopic (exact) mass is 191 g/mol.